The van der Waals surface area contributed by atoms with Gasteiger partial charge < -0.3 is 14.6 Å². The molecule has 34 heavy (non-hydrogen) atoms. The van der Waals surface area contributed by atoms with Gasteiger partial charge in [0.1, 0.15) is 11.6 Å². The fraction of sp³-hybridized carbons (Fsp3) is 0.250. The predicted molar refractivity (Wildman–Crippen MR) is 121 cm³/mol. The van der Waals surface area contributed by atoms with Gasteiger partial charge in [-0.15, -0.1) is 0 Å². The lowest BCUT2D eigenvalue weighted by Crippen LogP contribution is -2.32. The Balaban J connectivity index is 1.32. The topological polar surface area (TPSA) is 109 Å². The minimum atomic E-state index is -3.83. The first kappa shape index (κ1) is 23.7. The molecule has 0 bridgehead atoms. The Morgan fingerprint density at radius 1 is 1.06 bits per heavy atom. The van der Waals surface area contributed by atoms with Gasteiger partial charge in [-0.1, -0.05) is 24.3 Å². The molecule has 0 radical (unpaired) electrons. The van der Waals surface area contributed by atoms with Crippen LogP contribution in [0.5, 0.6) is 0 Å². The van der Waals surface area contributed by atoms with Crippen molar-refractivity contribution in [2.45, 2.75) is 31.0 Å². The molecule has 2 heterocycles. The zero-order valence-corrected chi connectivity index (χ0v) is 19.1. The molecule has 1 atom stereocenters. The fourth-order valence-electron chi connectivity index (χ4n) is 3.76. The van der Waals surface area contributed by atoms with Gasteiger partial charge in [-0.3, -0.25) is 9.59 Å². The monoisotopic (exact) mass is 485 g/mol. The summed E-state index contributed by atoms with van der Waals surface area (Å²) in [5, 5.41) is 2.79. The molecule has 1 saturated heterocycles. The number of carbonyl (C=O) groups excluding carboxylic acids is 2. The Morgan fingerprint density at radius 3 is 2.56 bits per heavy atom. The number of nitrogens with one attached hydrogen (secondary N) is 2. The van der Waals surface area contributed by atoms with Crippen LogP contribution in [0.3, 0.4) is 0 Å². The summed E-state index contributed by atoms with van der Waals surface area (Å²) in [4.78, 5) is 26.5. The molecule has 2 amide bonds. The molecule has 8 nitrogen and oxygen atoms in total. The van der Waals surface area contributed by atoms with Gasteiger partial charge in [0.15, 0.2) is 0 Å². The van der Waals surface area contributed by atoms with Crippen LogP contribution in [0.15, 0.2) is 76.2 Å². The van der Waals surface area contributed by atoms with Crippen molar-refractivity contribution in [2.75, 3.05) is 6.54 Å². The maximum atomic E-state index is 13.3. The summed E-state index contributed by atoms with van der Waals surface area (Å²) in [6.45, 7) is 0.683. The maximum Gasteiger partial charge on any atom is 0.240 e. The van der Waals surface area contributed by atoms with Crippen LogP contribution in [-0.2, 0) is 39.2 Å². The van der Waals surface area contributed by atoms with E-state index < -0.39 is 21.8 Å². The molecule has 1 aliphatic rings. The summed E-state index contributed by atoms with van der Waals surface area (Å²) in [7, 11) is -3.83. The van der Waals surface area contributed by atoms with Crippen LogP contribution in [-0.4, -0.2) is 31.7 Å². The number of nitrogens with zero attached hydrogens (tertiary/aromatic N) is 1. The van der Waals surface area contributed by atoms with Gasteiger partial charge in [-0.2, -0.15) is 0 Å². The van der Waals surface area contributed by atoms with Crippen molar-refractivity contribution >= 4 is 21.8 Å². The van der Waals surface area contributed by atoms with Crippen LogP contribution in [0.25, 0.3) is 0 Å². The van der Waals surface area contributed by atoms with Crippen molar-refractivity contribution in [3.63, 3.8) is 0 Å². The third-order valence-corrected chi connectivity index (χ3v) is 6.94. The summed E-state index contributed by atoms with van der Waals surface area (Å²) < 4.78 is 46.3. The lowest BCUT2D eigenvalue weighted by atomic mass is 10.1. The minimum Gasteiger partial charge on any atom is -0.467 e. The van der Waals surface area contributed by atoms with Crippen molar-refractivity contribution in [3.05, 3.63) is 89.6 Å². The summed E-state index contributed by atoms with van der Waals surface area (Å²) in [5.41, 5.74) is 1.10. The Morgan fingerprint density at radius 2 is 1.82 bits per heavy atom. The van der Waals surface area contributed by atoms with E-state index in [0.29, 0.717) is 30.0 Å². The number of benzene rings is 2. The molecule has 10 heteroatoms. The van der Waals surface area contributed by atoms with Crippen LogP contribution in [0.4, 0.5) is 4.39 Å². The van der Waals surface area contributed by atoms with E-state index in [2.05, 4.69) is 10.0 Å². The Labute approximate surface area is 196 Å². The number of sulfonamides is 1. The zero-order valence-electron chi connectivity index (χ0n) is 18.2. The molecule has 2 aromatic carbocycles. The van der Waals surface area contributed by atoms with Gasteiger partial charge in [0.25, 0.3) is 0 Å². The molecule has 1 aromatic heterocycles. The van der Waals surface area contributed by atoms with Crippen LogP contribution in [0, 0.1) is 11.7 Å². The molecule has 1 unspecified atom stereocenters. The van der Waals surface area contributed by atoms with Gasteiger partial charge in [0.05, 0.1) is 23.6 Å². The molecule has 0 aliphatic carbocycles. The minimum absolute atomic E-state index is 0.0383. The average molecular weight is 486 g/mol. The molecule has 0 saturated carbocycles. The Bertz CT molecular complexity index is 1280. The largest absolute Gasteiger partial charge is 0.467 e. The maximum absolute atomic E-state index is 13.3. The number of likely N-dealkylation sites (tertiary alicyclic amines) is 1. The van der Waals surface area contributed by atoms with Gasteiger partial charge in [0.2, 0.25) is 21.8 Å². The van der Waals surface area contributed by atoms with Crippen molar-refractivity contribution in [2.24, 2.45) is 5.92 Å². The third-order valence-electron chi connectivity index (χ3n) is 5.54. The van der Waals surface area contributed by atoms with Crippen LogP contribution in [0.2, 0.25) is 0 Å². The van der Waals surface area contributed by atoms with Gasteiger partial charge in [-0.25, -0.2) is 17.5 Å². The van der Waals surface area contributed by atoms with Gasteiger partial charge >= 0.3 is 0 Å². The highest BCUT2D eigenvalue weighted by Crippen LogP contribution is 2.21. The van der Waals surface area contributed by atoms with E-state index in [-0.39, 0.29) is 36.2 Å². The van der Waals surface area contributed by atoms with E-state index in [1.165, 1.54) is 36.6 Å². The quantitative estimate of drug-likeness (QED) is 0.484. The molecular formula is C24H24FN3O5S. The second-order valence-corrected chi connectivity index (χ2v) is 9.84. The second kappa shape index (κ2) is 10.2. The van der Waals surface area contributed by atoms with Crippen molar-refractivity contribution in [1.82, 2.24) is 14.9 Å². The van der Waals surface area contributed by atoms with Gasteiger partial charge in [-0.05, 0) is 47.5 Å². The lowest BCUT2D eigenvalue weighted by molar-refractivity contribution is -0.129. The van der Waals surface area contributed by atoms with Crippen LogP contribution in [0.1, 0.15) is 23.3 Å². The molecule has 178 valence electrons. The Hall–Kier alpha value is -3.50. The van der Waals surface area contributed by atoms with Gasteiger partial charge in [0, 0.05) is 26.1 Å². The summed E-state index contributed by atoms with van der Waals surface area (Å²) >= 11 is 0. The molecule has 3 aromatic rings. The lowest BCUT2D eigenvalue weighted by Gasteiger charge is -2.15. The Kier molecular flexibility index (Phi) is 7.09. The van der Waals surface area contributed by atoms with E-state index in [1.54, 1.807) is 35.2 Å². The molecule has 4 rings (SSSR count). The van der Waals surface area contributed by atoms with Crippen molar-refractivity contribution < 1.29 is 26.8 Å². The predicted octanol–water partition coefficient (Wildman–Crippen LogP) is 2.56. The number of carbonyl (C=O) groups is 2. The molecular weight excluding hydrogens is 461 g/mol. The normalized spacial score (nSPS) is 16.1. The third kappa shape index (κ3) is 5.89. The highest BCUT2D eigenvalue weighted by molar-refractivity contribution is 7.89. The van der Waals surface area contributed by atoms with Crippen LogP contribution < -0.4 is 10.0 Å². The second-order valence-electron chi connectivity index (χ2n) is 8.07. The van der Waals surface area contributed by atoms with E-state index in [1.807, 2.05) is 0 Å². The molecule has 1 aliphatic heterocycles. The van der Waals surface area contributed by atoms with E-state index in [9.17, 15) is 22.4 Å². The van der Waals surface area contributed by atoms with E-state index in [0.717, 1.165) is 0 Å². The number of rotatable bonds is 9. The highest BCUT2D eigenvalue weighted by Gasteiger charge is 2.34. The number of halogens is 1. The average Bonchev–Trinajstić information content (AvgIpc) is 3.47. The standard InChI is InChI=1S/C24H24FN3O5S/c25-20-6-1-4-17(10-20)14-27-34(31,32)22-8-2-5-18(11-22)13-26-24(30)19-12-23(29)28(15-19)16-21-7-3-9-33-21/h1-11,19,27H,12-16H2,(H,26,30). The number of hydrogen-bond donors (Lipinski definition) is 2. The van der Waals surface area contributed by atoms with Crippen molar-refractivity contribution in [1.29, 1.82) is 0 Å². The fourth-order valence-corrected chi connectivity index (χ4v) is 4.84. The molecule has 0 spiro atoms. The summed E-state index contributed by atoms with van der Waals surface area (Å²) in [6.07, 6.45) is 1.65. The zero-order chi connectivity index (χ0) is 24.1. The van der Waals surface area contributed by atoms with E-state index >= 15 is 0 Å². The number of amides is 2. The van der Waals surface area contributed by atoms with E-state index in [4.69, 9.17) is 4.42 Å². The first-order valence-electron chi connectivity index (χ1n) is 10.7. The van der Waals surface area contributed by atoms with Crippen molar-refractivity contribution in [3.8, 4) is 0 Å². The highest BCUT2D eigenvalue weighted by atomic mass is 32.2. The van der Waals surface area contributed by atoms with Crippen LogP contribution >= 0.6 is 0 Å². The SMILES string of the molecule is O=C(NCc1cccc(S(=O)(=O)NCc2cccc(F)c2)c1)C1CC(=O)N(Cc2ccco2)C1. The first-order valence-corrected chi connectivity index (χ1v) is 12.2. The number of furan rings is 1. The smallest absolute Gasteiger partial charge is 0.240 e. The molecule has 2 N–H and O–H groups in total. The summed E-state index contributed by atoms with van der Waals surface area (Å²) in [6, 6.07) is 15.4. The molecule has 1 fully saturated rings. The first-order chi connectivity index (χ1) is 16.3. The summed E-state index contributed by atoms with van der Waals surface area (Å²) in [5.74, 6) is -0.662. The number of hydrogen-bond acceptors (Lipinski definition) is 5.